The maximum absolute atomic E-state index is 9.51. The van der Waals surface area contributed by atoms with Crippen molar-refractivity contribution in [2.75, 3.05) is 13.2 Å². The van der Waals surface area contributed by atoms with Crippen LogP contribution in [0.15, 0.2) is 18.2 Å². The molecule has 2 aliphatic rings. The monoisotopic (exact) mass is 260 g/mol. The summed E-state index contributed by atoms with van der Waals surface area (Å²) < 4.78 is 5.78. The molecule has 3 rings (SSSR count). The standard InChI is InChI=1S/C17H24O2/c1-17(2)8-9-19-16-7-6-12(10-15(16)17)14-5-3-4-13(14)11-18/h6-7,10,13-14,18H,3-5,8-9,11H2,1-2H3. The first-order chi connectivity index (χ1) is 9.12. The number of rotatable bonds is 2. The van der Waals surface area contributed by atoms with Crippen molar-refractivity contribution in [2.24, 2.45) is 5.92 Å². The van der Waals surface area contributed by atoms with E-state index in [0.717, 1.165) is 25.2 Å². The Kier molecular flexibility index (Phi) is 3.30. The second-order valence-electron chi connectivity index (χ2n) is 6.72. The molecule has 0 radical (unpaired) electrons. The van der Waals surface area contributed by atoms with Gasteiger partial charge in [-0.2, -0.15) is 0 Å². The fourth-order valence-corrected chi connectivity index (χ4v) is 3.68. The average molecular weight is 260 g/mol. The van der Waals surface area contributed by atoms with E-state index in [-0.39, 0.29) is 5.41 Å². The van der Waals surface area contributed by atoms with Gasteiger partial charge in [0.1, 0.15) is 5.75 Å². The summed E-state index contributed by atoms with van der Waals surface area (Å²) in [5.74, 6) is 2.04. The minimum atomic E-state index is 0.205. The molecule has 2 heteroatoms. The Hall–Kier alpha value is -1.02. The highest BCUT2D eigenvalue weighted by molar-refractivity contribution is 5.44. The summed E-state index contributed by atoms with van der Waals surface area (Å²) >= 11 is 0. The first kappa shape index (κ1) is 13.0. The van der Waals surface area contributed by atoms with Crippen molar-refractivity contribution in [3.8, 4) is 5.75 Å². The summed E-state index contributed by atoms with van der Waals surface area (Å²) in [6.07, 6.45) is 4.70. The molecule has 0 bridgehead atoms. The van der Waals surface area contributed by atoms with Gasteiger partial charge in [-0.15, -0.1) is 0 Å². The zero-order chi connectivity index (χ0) is 13.5. The molecule has 1 N–H and O–H groups in total. The van der Waals surface area contributed by atoms with Crippen LogP contribution in [0.2, 0.25) is 0 Å². The maximum Gasteiger partial charge on any atom is 0.123 e. The van der Waals surface area contributed by atoms with Crippen LogP contribution < -0.4 is 4.74 Å². The molecule has 2 unspecified atom stereocenters. The SMILES string of the molecule is CC1(C)CCOc2ccc(C3CCCC3CO)cc21. The van der Waals surface area contributed by atoms with Crippen molar-refractivity contribution < 1.29 is 9.84 Å². The van der Waals surface area contributed by atoms with Gasteiger partial charge in [0.15, 0.2) is 0 Å². The summed E-state index contributed by atoms with van der Waals surface area (Å²) in [4.78, 5) is 0. The third-order valence-corrected chi connectivity index (χ3v) is 5.04. The molecule has 1 fully saturated rings. The number of hydrogen-bond donors (Lipinski definition) is 1. The molecule has 1 heterocycles. The molecule has 0 spiro atoms. The van der Waals surface area contributed by atoms with Crippen LogP contribution in [-0.2, 0) is 5.41 Å². The maximum atomic E-state index is 9.51. The molecule has 1 aliphatic carbocycles. The predicted molar refractivity (Wildman–Crippen MR) is 76.7 cm³/mol. The number of aliphatic hydroxyl groups excluding tert-OH is 1. The van der Waals surface area contributed by atoms with E-state index in [2.05, 4.69) is 32.0 Å². The van der Waals surface area contributed by atoms with Crippen molar-refractivity contribution in [1.82, 2.24) is 0 Å². The van der Waals surface area contributed by atoms with Crippen molar-refractivity contribution in [3.63, 3.8) is 0 Å². The molecule has 0 amide bonds. The van der Waals surface area contributed by atoms with Crippen LogP contribution in [0.3, 0.4) is 0 Å². The van der Waals surface area contributed by atoms with Gasteiger partial charge in [0.2, 0.25) is 0 Å². The minimum absolute atomic E-state index is 0.205. The topological polar surface area (TPSA) is 29.5 Å². The lowest BCUT2D eigenvalue weighted by atomic mass is 9.77. The van der Waals surface area contributed by atoms with Crippen LogP contribution >= 0.6 is 0 Å². The Labute approximate surface area is 115 Å². The summed E-state index contributed by atoms with van der Waals surface area (Å²) in [7, 11) is 0. The first-order valence-electron chi connectivity index (χ1n) is 7.50. The molecule has 1 aromatic carbocycles. The number of aliphatic hydroxyl groups is 1. The molecule has 2 atom stereocenters. The fraction of sp³-hybridized carbons (Fsp3) is 0.647. The summed E-state index contributed by atoms with van der Waals surface area (Å²) in [5.41, 5.74) is 2.95. The number of benzene rings is 1. The van der Waals surface area contributed by atoms with Gasteiger partial charge < -0.3 is 9.84 Å². The number of ether oxygens (including phenoxy) is 1. The van der Waals surface area contributed by atoms with Gasteiger partial charge in [-0.05, 0) is 48.1 Å². The van der Waals surface area contributed by atoms with Crippen LogP contribution in [0.1, 0.15) is 56.6 Å². The van der Waals surface area contributed by atoms with E-state index < -0.39 is 0 Å². The summed E-state index contributed by atoms with van der Waals surface area (Å²) in [6.45, 7) is 5.75. The molecule has 1 aliphatic heterocycles. The van der Waals surface area contributed by atoms with Crippen molar-refractivity contribution in [2.45, 2.75) is 50.9 Å². The third-order valence-electron chi connectivity index (χ3n) is 5.04. The molecule has 1 aromatic rings. The van der Waals surface area contributed by atoms with Crippen molar-refractivity contribution in [3.05, 3.63) is 29.3 Å². The van der Waals surface area contributed by atoms with Gasteiger partial charge in [-0.1, -0.05) is 32.4 Å². The highest BCUT2D eigenvalue weighted by atomic mass is 16.5. The van der Waals surface area contributed by atoms with Gasteiger partial charge in [0, 0.05) is 12.2 Å². The number of hydrogen-bond acceptors (Lipinski definition) is 2. The van der Waals surface area contributed by atoms with E-state index in [0.29, 0.717) is 18.4 Å². The smallest absolute Gasteiger partial charge is 0.123 e. The highest BCUT2D eigenvalue weighted by Gasteiger charge is 2.32. The molecule has 104 valence electrons. The Morgan fingerprint density at radius 2 is 2.16 bits per heavy atom. The molecule has 19 heavy (non-hydrogen) atoms. The average Bonchev–Trinajstić information content (AvgIpc) is 2.86. The zero-order valence-electron chi connectivity index (χ0n) is 12.0. The van der Waals surface area contributed by atoms with Crippen LogP contribution in [0.25, 0.3) is 0 Å². The normalized spacial score (nSPS) is 28.8. The Morgan fingerprint density at radius 1 is 1.32 bits per heavy atom. The van der Waals surface area contributed by atoms with Crippen molar-refractivity contribution in [1.29, 1.82) is 0 Å². The lowest BCUT2D eigenvalue weighted by Gasteiger charge is -2.33. The van der Waals surface area contributed by atoms with E-state index in [4.69, 9.17) is 4.74 Å². The molecular formula is C17H24O2. The molecule has 0 aromatic heterocycles. The van der Waals surface area contributed by atoms with E-state index in [9.17, 15) is 5.11 Å². The lowest BCUT2D eigenvalue weighted by Crippen LogP contribution is -2.27. The number of fused-ring (bicyclic) bond motifs is 1. The molecular weight excluding hydrogens is 236 g/mol. The predicted octanol–water partition coefficient (Wildman–Crippen LogP) is 3.62. The summed E-state index contributed by atoms with van der Waals surface area (Å²) in [5, 5.41) is 9.51. The van der Waals surface area contributed by atoms with E-state index >= 15 is 0 Å². The van der Waals surface area contributed by atoms with Gasteiger partial charge in [0.05, 0.1) is 6.61 Å². The Morgan fingerprint density at radius 3 is 2.95 bits per heavy atom. The highest BCUT2D eigenvalue weighted by Crippen LogP contribution is 2.44. The molecule has 1 saturated carbocycles. The first-order valence-corrected chi connectivity index (χ1v) is 7.50. The Bertz CT molecular complexity index is 464. The van der Waals surface area contributed by atoms with Gasteiger partial charge >= 0.3 is 0 Å². The zero-order valence-corrected chi connectivity index (χ0v) is 12.0. The second-order valence-corrected chi connectivity index (χ2v) is 6.72. The second kappa shape index (κ2) is 4.82. The van der Waals surface area contributed by atoms with E-state index in [1.165, 1.54) is 24.0 Å². The Balaban J connectivity index is 1.96. The van der Waals surface area contributed by atoms with Crippen LogP contribution in [0, 0.1) is 5.92 Å². The minimum Gasteiger partial charge on any atom is -0.493 e. The quantitative estimate of drug-likeness (QED) is 0.880. The molecule has 2 nitrogen and oxygen atoms in total. The largest absolute Gasteiger partial charge is 0.493 e. The fourth-order valence-electron chi connectivity index (χ4n) is 3.68. The summed E-state index contributed by atoms with van der Waals surface area (Å²) in [6, 6.07) is 6.68. The van der Waals surface area contributed by atoms with E-state index in [1.807, 2.05) is 0 Å². The van der Waals surface area contributed by atoms with Crippen LogP contribution in [0.5, 0.6) is 5.75 Å². The van der Waals surface area contributed by atoms with Crippen LogP contribution in [-0.4, -0.2) is 18.3 Å². The van der Waals surface area contributed by atoms with Crippen molar-refractivity contribution >= 4 is 0 Å². The van der Waals surface area contributed by atoms with Gasteiger partial charge in [0.25, 0.3) is 0 Å². The van der Waals surface area contributed by atoms with Crippen LogP contribution in [0.4, 0.5) is 0 Å². The van der Waals surface area contributed by atoms with Gasteiger partial charge in [-0.25, -0.2) is 0 Å². The molecule has 0 saturated heterocycles. The van der Waals surface area contributed by atoms with E-state index in [1.54, 1.807) is 0 Å². The lowest BCUT2D eigenvalue weighted by molar-refractivity contribution is 0.216. The third kappa shape index (κ3) is 2.27. The van der Waals surface area contributed by atoms with Gasteiger partial charge in [-0.3, -0.25) is 0 Å².